The molecule has 5 heteroatoms. The zero-order chi connectivity index (χ0) is 14.7. The topological polar surface area (TPSA) is 75.8 Å². The number of phenols is 1. The molecule has 0 aromatic heterocycles. The normalized spacial score (nSPS) is 22.4. The first kappa shape index (κ1) is 14.7. The molecule has 20 heavy (non-hydrogen) atoms. The van der Waals surface area contributed by atoms with Crippen molar-refractivity contribution >= 4 is 5.91 Å². The second-order valence-corrected chi connectivity index (χ2v) is 5.31. The van der Waals surface area contributed by atoms with Gasteiger partial charge in [0.1, 0.15) is 11.5 Å². The van der Waals surface area contributed by atoms with Gasteiger partial charge in [0.15, 0.2) is 0 Å². The fraction of sp³-hybridized carbons (Fsp3) is 0.533. The molecule has 5 nitrogen and oxygen atoms in total. The summed E-state index contributed by atoms with van der Waals surface area (Å²) in [6.07, 6.45) is 4.05. The molecular formula is C15H22N2O3. The van der Waals surface area contributed by atoms with Crippen molar-refractivity contribution in [3.8, 4) is 11.5 Å². The van der Waals surface area contributed by atoms with Gasteiger partial charge in [0, 0.05) is 19.1 Å². The monoisotopic (exact) mass is 278 g/mol. The molecule has 1 aromatic carbocycles. The summed E-state index contributed by atoms with van der Waals surface area (Å²) < 4.78 is 5.10. The maximum Gasteiger partial charge on any atom is 0.257 e. The maximum absolute atomic E-state index is 12.5. The van der Waals surface area contributed by atoms with E-state index in [9.17, 15) is 9.90 Å². The van der Waals surface area contributed by atoms with Crippen molar-refractivity contribution in [1.82, 2.24) is 4.90 Å². The van der Waals surface area contributed by atoms with E-state index in [1.165, 1.54) is 13.2 Å². The predicted octanol–water partition coefficient (Wildman–Crippen LogP) is 1.74. The Morgan fingerprint density at radius 2 is 2.10 bits per heavy atom. The summed E-state index contributed by atoms with van der Waals surface area (Å²) in [7, 11) is 3.28. The summed E-state index contributed by atoms with van der Waals surface area (Å²) in [5, 5.41) is 9.88. The number of carbonyl (C=O) groups excluding carboxylic acids is 1. The van der Waals surface area contributed by atoms with Gasteiger partial charge in [-0.25, -0.2) is 0 Å². The first-order chi connectivity index (χ1) is 9.54. The van der Waals surface area contributed by atoms with Crippen LogP contribution in [-0.4, -0.2) is 42.2 Å². The van der Waals surface area contributed by atoms with E-state index in [1.54, 1.807) is 24.1 Å². The lowest BCUT2D eigenvalue weighted by Crippen LogP contribution is -2.50. The number of rotatable bonds is 3. The van der Waals surface area contributed by atoms with Gasteiger partial charge in [-0.1, -0.05) is 12.8 Å². The molecule has 2 atom stereocenters. The average molecular weight is 278 g/mol. The molecule has 1 aliphatic rings. The third kappa shape index (κ3) is 2.88. The van der Waals surface area contributed by atoms with E-state index < -0.39 is 0 Å². The molecule has 0 radical (unpaired) electrons. The molecule has 3 N–H and O–H groups in total. The predicted molar refractivity (Wildman–Crippen MR) is 77.0 cm³/mol. The van der Waals surface area contributed by atoms with Crippen molar-refractivity contribution in [1.29, 1.82) is 0 Å². The summed E-state index contributed by atoms with van der Waals surface area (Å²) in [4.78, 5) is 14.2. The number of benzene rings is 1. The van der Waals surface area contributed by atoms with E-state index >= 15 is 0 Å². The van der Waals surface area contributed by atoms with Crippen LogP contribution in [0.25, 0.3) is 0 Å². The van der Waals surface area contributed by atoms with Gasteiger partial charge in [0.25, 0.3) is 5.91 Å². The fourth-order valence-corrected chi connectivity index (χ4v) is 2.77. The van der Waals surface area contributed by atoms with E-state index in [4.69, 9.17) is 10.5 Å². The van der Waals surface area contributed by atoms with Gasteiger partial charge in [-0.3, -0.25) is 4.79 Å². The summed E-state index contributed by atoms with van der Waals surface area (Å²) in [6, 6.07) is 4.69. The lowest BCUT2D eigenvalue weighted by molar-refractivity contribution is 0.0669. The van der Waals surface area contributed by atoms with Crippen molar-refractivity contribution in [2.24, 2.45) is 5.73 Å². The number of nitrogens with two attached hydrogens (primary N) is 1. The fourth-order valence-electron chi connectivity index (χ4n) is 2.77. The van der Waals surface area contributed by atoms with Gasteiger partial charge in [0.2, 0.25) is 0 Å². The number of methoxy groups -OCH3 is 1. The molecular weight excluding hydrogens is 256 g/mol. The van der Waals surface area contributed by atoms with Gasteiger partial charge >= 0.3 is 0 Å². The lowest BCUT2D eigenvalue weighted by atomic mass is 9.89. The molecule has 1 saturated carbocycles. The molecule has 2 rings (SSSR count). The number of phenolic OH excluding ortho intramolecular Hbond substituents is 1. The first-order valence-corrected chi connectivity index (χ1v) is 6.94. The highest BCUT2D eigenvalue weighted by Crippen LogP contribution is 2.27. The third-order valence-electron chi connectivity index (χ3n) is 4.03. The number of nitrogens with zero attached hydrogens (tertiary/aromatic N) is 1. The van der Waals surface area contributed by atoms with Crippen LogP contribution in [0.5, 0.6) is 11.5 Å². The van der Waals surface area contributed by atoms with E-state index in [2.05, 4.69) is 0 Å². The van der Waals surface area contributed by atoms with Crippen LogP contribution in [0.1, 0.15) is 36.0 Å². The second kappa shape index (κ2) is 6.13. The van der Waals surface area contributed by atoms with Crippen LogP contribution >= 0.6 is 0 Å². The number of hydrogen-bond acceptors (Lipinski definition) is 4. The largest absolute Gasteiger partial charge is 0.507 e. The smallest absolute Gasteiger partial charge is 0.257 e. The average Bonchev–Trinajstić information content (AvgIpc) is 2.47. The molecule has 0 bridgehead atoms. The Morgan fingerprint density at radius 3 is 2.75 bits per heavy atom. The van der Waals surface area contributed by atoms with Gasteiger partial charge < -0.3 is 20.5 Å². The van der Waals surface area contributed by atoms with Crippen LogP contribution < -0.4 is 10.5 Å². The molecule has 1 fully saturated rings. The number of likely N-dealkylation sites (N-methyl/N-ethyl adjacent to an activating group) is 1. The zero-order valence-electron chi connectivity index (χ0n) is 12.0. The molecule has 0 saturated heterocycles. The van der Waals surface area contributed by atoms with Crippen molar-refractivity contribution < 1.29 is 14.6 Å². The Balaban J connectivity index is 2.21. The minimum absolute atomic E-state index is 0.00505. The summed E-state index contributed by atoms with van der Waals surface area (Å²) in [5.74, 6) is 0.295. The quantitative estimate of drug-likeness (QED) is 0.883. The van der Waals surface area contributed by atoms with Crippen molar-refractivity contribution in [3.05, 3.63) is 23.8 Å². The van der Waals surface area contributed by atoms with Crippen LogP contribution in [0.4, 0.5) is 0 Å². The van der Waals surface area contributed by atoms with Gasteiger partial charge in [0.05, 0.1) is 12.7 Å². The molecule has 0 heterocycles. The van der Waals surface area contributed by atoms with Crippen molar-refractivity contribution in [2.45, 2.75) is 37.8 Å². The minimum atomic E-state index is -0.219. The van der Waals surface area contributed by atoms with Crippen LogP contribution in [0.3, 0.4) is 0 Å². The Labute approximate surface area is 119 Å². The van der Waals surface area contributed by atoms with E-state index in [-0.39, 0.29) is 29.3 Å². The van der Waals surface area contributed by atoms with Gasteiger partial charge in [-0.05, 0) is 31.0 Å². The van der Waals surface area contributed by atoms with Crippen LogP contribution in [0, 0.1) is 0 Å². The Bertz CT molecular complexity index is 490. The molecule has 0 aliphatic heterocycles. The highest BCUT2D eigenvalue weighted by atomic mass is 16.5. The van der Waals surface area contributed by atoms with Crippen LogP contribution in [-0.2, 0) is 0 Å². The molecule has 2 unspecified atom stereocenters. The van der Waals surface area contributed by atoms with Crippen molar-refractivity contribution in [3.63, 3.8) is 0 Å². The number of amides is 1. The lowest BCUT2D eigenvalue weighted by Gasteiger charge is -2.36. The van der Waals surface area contributed by atoms with Crippen LogP contribution in [0.15, 0.2) is 18.2 Å². The number of carbonyl (C=O) groups is 1. The molecule has 110 valence electrons. The Kier molecular flexibility index (Phi) is 4.49. The van der Waals surface area contributed by atoms with E-state index in [0.717, 1.165) is 25.7 Å². The number of hydrogen-bond donors (Lipinski definition) is 2. The van der Waals surface area contributed by atoms with Crippen LogP contribution in [0.2, 0.25) is 0 Å². The van der Waals surface area contributed by atoms with Gasteiger partial charge in [-0.2, -0.15) is 0 Å². The molecule has 0 spiro atoms. The SMILES string of the molecule is COc1ccc(O)c(C(=O)N(C)C2CCCCC2N)c1. The molecule has 1 aromatic rings. The highest BCUT2D eigenvalue weighted by molar-refractivity contribution is 5.97. The van der Waals surface area contributed by atoms with E-state index in [0.29, 0.717) is 5.75 Å². The second-order valence-electron chi connectivity index (χ2n) is 5.31. The minimum Gasteiger partial charge on any atom is -0.507 e. The zero-order valence-corrected chi connectivity index (χ0v) is 12.0. The summed E-state index contributed by atoms with van der Waals surface area (Å²) in [5.41, 5.74) is 6.36. The molecule has 1 amide bonds. The maximum atomic E-state index is 12.5. The Morgan fingerprint density at radius 1 is 1.40 bits per heavy atom. The number of ether oxygens (including phenoxy) is 1. The highest BCUT2D eigenvalue weighted by Gasteiger charge is 2.29. The Hall–Kier alpha value is -1.75. The van der Waals surface area contributed by atoms with E-state index in [1.807, 2.05) is 0 Å². The van der Waals surface area contributed by atoms with Gasteiger partial charge in [-0.15, -0.1) is 0 Å². The molecule has 1 aliphatic carbocycles. The van der Waals surface area contributed by atoms with Crippen molar-refractivity contribution in [2.75, 3.05) is 14.2 Å². The standard InChI is InChI=1S/C15H22N2O3/c1-17(13-6-4-3-5-12(13)16)15(19)11-9-10(20-2)7-8-14(11)18/h7-9,12-13,18H,3-6,16H2,1-2H3. The summed E-state index contributed by atoms with van der Waals surface area (Å²) in [6.45, 7) is 0. The first-order valence-electron chi connectivity index (χ1n) is 6.94. The number of aromatic hydroxyl groups is 1. The third-order valence-corrected chi connectivity index (χ3v) is 4.03. The summed E-state index contributed by atoms with van der Waals surface area (Å²) >= 11 is 0.